The molecule has 0 atom stereocenters. The van der Waals surface area contributed by atoms with Gasteiger partial charge in [-0.15, -0.1) is 0 Å². The number of aryl methyl sites for hydroxylation is 1. The Morgan fingerprint density at radius 3 is 2.26 bits per heavy atom. The summed E-state index contributed by atoms with van der Waals surface area (Å²) in [7, 11) is -4.07. The number of rotatable bonds is 8. The lowest BCUT2D eigenvalue weighted by Gasteiger charge is -2.22. The molecule has 0 saturated carbocycles. The molecule has 0 aliphatic heterocycles. The number of para-hydroxylation sites is 1. The van der Waals surface area contributed by atoms with Crippen molar-refractivity contribution in [1.82, 2.24) is 8.87 Å². The van der Waals surface area contributed by atoms with Gasteiger partial charge in [-0.25, -0.2) is 8.42 Å². The molecule has 1 heterocycles. The van der Waals surface area contributed by atoms with Crippen LogP contribution in [0.15, 0.2) is 89.8 Å². The molecule has 0 fully saturated rings. The lowest BCUT2D eigenvalue weighted by molar-refractivity contribution is -0.116. The minimum absolute atomic E-state index is 0.0126. The summed E-state index contributed by atoms with van der Waals surface area (Å²) in [5.41, 5.74) is 3.25. The molecule has 0 spiro atoms. The van der Waals surface area contributed by atoms with Gasteiger partial charge < -0.3 is 9.88 Å². The molecular formula is C29H24Cl3N3O3S. The first kappa shape index (κ1) is 27.5. The van der Waals surface area contributed by atoms with Crippen LogP contribution in [0.3, 0.4) is 0 Å². The average molecular weight is 601 g/mol. The Balaban J connectivity index is 1.46. The van der Waals surface area contributed by atoms with Crippen LogP contribution < -0.4 is 5.32 Å². The maximum absolute atomic E-state index is 13.6. The van der Waals surface area contributed by atoms with E-state index in [9.17, 15) is 13.2 Å². The van der Waals surface area contributed by atoms with E-state index in [-0.39, 0.29) is 11.4 Å². The molecule has 0 aliphatic rings. The van der Waals surface area contributed by atoms with Crippen LogP contribution in [0.25, 0.3) is 21.8 Å². The standard InChI is InChI=1S/C29H24Cl3N3O3S/c1-2-35-27-6-4-3-5-24(27)25-16-22(11-14-28(25)35)33-29(36)18-34(17-19-7-8-21(31)15-26(19)32)39(37,38)23-12-9-20(30)10-13-23/h3-16H,2,17-18H2,1H3,(H,33,36). The number of fused-ring (bicyclic) bond motifs is 3. The average Bonchev–Trinajstić information content (AvgIpc) is 3.23. The Morgan fingerprint density at radius 1 is 0.846 bits per heavy atom. The van der Waals surface area contributed by atoms with Crippen molar-refractivity contribution in [3.63, 3.8) is 0 Å². The molecule has 6 nitrogen and oxygen atoms in total. The van der Waals surface area contributed by atoms with E-state index in [0.29, 0.717) is 26.3 Å². The summed E-state index contributed by atoms with van der Waals surface area (Å²) in [4.78, 5) is 13.3. The van der Waals surface area contributed by atoms with Crippen molar-refractivity contribution in [2.24, 2.45) is 0 Å². The molecule has 5 rings (SSSR count). The van der Waals surface area contributed by atoms with E-state index in [1.165, 1.54) is 30.3 Å². The quantitative estimate of drug-likeness (QED) is 0.199. The first-order valence-electron chi connectivity index (χ1n) is 12.2. The number of nitrogens with one attached hydrogen (secondary N) is 1. The predicted molar refractivity (Wildman–Crippen MR) is 159 cm³/mol. The van der Waals surface area contributed by atoms with E-state index in [2.05, 4.69) is 22.9 Å². The van der Waals surface area contributed by atoms with Crippen molar-refractivity contribution >= 4 is 78.2 Å². The van der Waals surface area contributed by atoms with Gasteiger partial charge in [0.15, 0.2) is 0 Å². The number of anilines is 1. The summed E-state index contributed by atoms with van der Waals surface area (Å²) >= 11 is 18.3. The molecule has 0 saturated heterocycles. The second-order valence-electron chi connectivity index (χ2n) is 9.00. The zero-order valence-electron chi connectivity index (χ0n) is 20.9. The fourth-order valence-corrected chi connectivity index (χ4v) is 6.62. The summed E-state index contributed by atoms with van der Waals surface area (Å²) < 4.78 is 30.5. The van der Waals surface area contributed by atoms with E-state index in [1.54, 1.807) is 12.1 Å². The number of carbonyl (C=O) groups excluding carboxylic acids is 1. The molecule has 10 heteroatoms. The largest absolute Gasteiger partial charge is 0.341 e. The van der Waals surface area contributed by atoms with Crippen molar-refractivity contribution in [1.29, 1.82) is 0 Å². The van der Waals surface area contributed by atoms with Crippen LogP contribution in [-0.4, -0.2) is 29.7 Å². The zero-order chi connectivity index (χ0) is 27.7. The Labute approximate surface area is 241 Å². The minimum atomic E-state index is -4.07. The topological polar surface area (TPSA) is 71.4 Å². The van der Waals surface area contributed by atoms with Crippen LogP contribution in [-0.2, 0) is 27.9 Å². The lowest BCUT2D eigenvalue weighted by Crippen LogP contribution is -2.37. The van der Waals surface area contributed by atoms with Gasteiger partial charge in [0, 0.05) is 55.7 Å². The first-order valence-corrected chi connectivity index (χ1v) is 14.7. The molecule has 39 heavy (non-hydrogen) atoms. The maximum Gasteiger partial charge on any atom is 0.243 e. The van der Waals surface area contributed by atoms with Crippen LogP contribution in [0.4, 0.5) is 5.69 Å². The van der Waals surface area contributed by atoms with E-state index >= 15 is 0 Å². The van der Waals surface area contributed by atoms with E-state index in [0.717, 1.165) is 32.7 Å². The monoisotopic (exact) mass is 599 g/mol. The highest BCUT2D eigenvalue weighted by Crippen LogP contribution is 2.31. The smallest absolute Gasteiger partial charge is 0.243 e. The molecule has 1 N–H and O–H groups in total. The van der Waals surface area contributed by atoms with Crippen molar-refractivity contribution in [2.45, 2.75) is 24.9 Å². The first-order chi connectivity index (χ1) is 18.7. The number of hydrogen-bond acceptors (Lipinski definition) is 3. The van der Waals surface area contributed by atoms with Crippen molar-refractivity contribution in [3.05, 3.63) is 106 Å². The van der Waals surface area contributed by atoms with Gasteiger partial charge in [0.1, 0.15) is 0 Å². The molecule has 4 aromatic carbocycles. The van der Waals surface area contributed by atoms with E-state index in [1.807, 2.05) is 36.4 Å². The Hall–Kier alpha value is -3.07. The number of benzene rings is 4. The van der Waals surface area contributed by atoms with Crippen molar-refractivity contribution in [2.75, 3.05) is 11.9 Å². The fourth-order valence-electron chi connectivity index (χ4n) is 4.65. The number of amides is 1. The third kappa shape index (κ3) is 5.64. The Kier molecular flexibility index (Phi) is 7.89. The van der Waals surface area contributed by atoms with Crippen LogP contribution in [0.1, 0.15) is 12.5 Å². The summed E-state index contributed by atoms with van der Waals surface area (Å²) in [6.45, 7) is 2.33. The van der Waals surface area contributed by atoms with E-state index < -0.39 is 22.5 Å². The highest BCUT2D eigenvalue weighted by Gasteiger charge is 2.28. The normalized spacial score (nSPS) is 11.9. The third-order valence-corrected chi connectivity index (χ3v) is 9.15. The molecule has 5 aromatic rings. The number of halogens is 3. The number of carbonyl (C=O) groups is 1. The highest BCUT2D eigenvalue weighted by atomic mass is 35.5. The molecule has 0 radical (unpaired) electrons. The number of hydrogen-bond donors (Lipinski definition) is 1. The second-order valence-corrected chi connectivity index (χ2v) is 12.2. The number of nitrogens with zero attached hydrogens (tertiary/aromatic N) is 2. The fraction of sp³-hybridized carbons (Fsp3) is 0.138. The maximum atomic E-state index is 13.6. The summed E-state index contributed by atoms with van der Waals surface area (Å²) in [5.74, 6) is -0.490. The zero-order valence-corrected chi connectivity index (χ0v) is 23.9. The molecule has 1 aromatic heterocycles. The van der Waals surface area contributed by atoms with Crippen LogP contribution >= 0.6 is 34.8 Å². The lowest BCUT2D eigenvalue weighted by atomic mass is 10.1. The summed E-state index contributed by atoms with van der Waals surface area (Å²) in [6, 6.07) is 24.4. The summed E-state index contributed by atoms with van der Waals surface area (Å²) in [6.07, 6.45) is 0. The van der Waals surface area contributed by atoms with Crippen LogP contribution in [0.2, 0.25) is 15.1 Å². The van der Waals surface area contributed by atoms with Gasteiger partial charge >= 0.3 is 0 Å². The van der Waals surface area contributed by atoms with Gasteiger partial charge in [-0.2, -0.15) is 4.31 Å². The van der Waals surface area contributed by atoms with Gasteiger partial charge in [0.05, 0.1) is 11.4 Å². The van der Waals surface area contributed by atoms with Gasteiger partial charge in [-0.05, 0) is 73.2 Å². The molecule has 1 amide bonds. The Bertz CT molecular complexity index is 1800. The second kappa shape index (κ2) is 11.2. The number of sulfonamides is 1. The van der Waals surface area contributed by atoms with E-state index in [4.69, 9.17) is 34.8 Å². The molecule has 0 bridgehead atoms. The van der Waals surface area contributed by atoms with Gasteiger partial charge in [0.25, 0.3) is 0 Å². The third-order valence-electron chi connectivity index (χ3n) is 6.51. The summed E-state index contributed by atoms with van der Waals surface area (Å²) in [5, 5.41) is 6.08. The predicted octanol–water partition coefficient (Wildman–Crippen LogP) is 7.60. The minimum Gasteiger partial charge on any atom is -0.341 e. The van der Waals surface area contributed by atoms with Crippen molar-refractivity contribution < 1.29 is 13.2 Å². The molecular weight excluding hydrogens is 577 g/mol. The SMILES string of the molecule is CCn1c2ccccc2c2cc(NC(=O)CN(Cc3ccc(Cl)cc3Cl)S(=O)(=O)c3ccc(Cl)cc3)ccc21. The van der Waals surface area contributed by atoms with Crippen molar-refractivity contribution in [3.8, 4) is 0 Å². The Morgan fingerprint density at radius 2 is 1.54 bits per heavy atom. The molecule has 200 valence electrons. The van der Waals surface area contributed by atoms with Gasteiger partial charge in [-0.1, -0.05) is 59.1 Å². The van der Waals surface area contributed by atoms with Crippen LogP contribution in [0, 0.1) is 0 Å². The molecule has 0 aliphatic carbocycles. The van der Waals surface area contributed by atoms with Gasteiger partial charge in [-0.3, -0.25) is 4.79 Å². The van der Waals surface area contributed by atoms with Crippen LogP contribution in [0.5, 0.6) is 0 Å². The number of aromatic nitrogens is 1. The van der Waals surface area contributed by atoms with Gasteiger partial charge in [0.2, 0.25) is 15.9 Å². The molecule has 0 unspecified atom stereocenters. The highest BCUT2D eigenvalue weighted by molar-refractivity contribution is 7.89.